The van der Waals surface area contributed by atoms with Crippen LogP contribution in [0.15, 0.2) is 66.3 Å². The minimum Gasteiger partial charge on any atom is -0.358 e. The van der Waals surface area contributed by atoms with E-state index in [1.165, 1.54) is 28.6 Å². The zero-order valence-corrected chi connectivity index (χ0v) is 18.9. The maximum Gasteiger partial charge on any atom is 0.295 e. The number of rotatable bonds is 5. The number of H-pyrrole nitrogens is 1. The highest BCUT2D eigenvalue weighted by atomic mass is 32.1. The summed E-state index contributed by atoms with van der Waals surface area (Å²) in [5.74, 6) is -1.61. The zero-order valence-electron chi connectivity index (χ0n) is 18.1. The van der Waals surface area contributed by atoms with Gasteiger partial charge in [0.05, 0.1) is 27.0 Å². The molecule has 1 aromatic carbocycles. The molecule has 0 saturated carbocycles. The molecule has 170 valence electrons. The van der Waals surface area contributed by atoms with Crippen LogP contribution in [0.1, 0.15) is 36.0 Å². The predicted molar refractivity (Wildman–Crippen MR) is 127 cm³/mol. The molecule has 0 radical (unpaired) electrons. The number of carbonyl (C=O) groups excluding carboxylic acids is 4. The van der Waals surface area contributed by atoms with Crippen LogP contribution in [0.5, 0.6) is 0 Å². The number of nitrogens with zero attached hydrogens (tertiary/aromatic N) is 3. The Labute approximate surface area is 198 Å². The minimum absolute atomic E-state index is 0.0946. The molecule has 1 aliphatic heterocycles. The van der Waals surface area contributed by atoms with E-state index in [1.807, 2.05) is 11.4 Å². The van der Waals surface area contributed by atoms with Crippen molar-refractivity contribution < 1.29 is 19.2 Å². The lowest BCUT2D eigenvalue weighted by atomic mass is 10.1. The molecule has 0 bridgehead atoms. The molecule has 9 heteroatoms. The summed E-state index contributed by atoms with van der Waals surface area (Å²) in [6.45, 7) is 1.22. The van der Waals surface area contributed by atoms with Crippen LogP contribution < -0.4 is 0 Å². The summed E-state index contributed by atoms with van der Waals surface area (Å²) in [7, 11) is 0. The van der Waals surface area contributed by atoms with Gasteiger partial charge in [-0.2, -0.15) is 0 Å². The molecule has 2 amide bonds. The van der Waals surface area contributed by atoms with Gasteiger partial charge in [0.15, 0.2) is 0 Å². The summed E-state index contributed by atoms with van der Waals surface area (Å²) in [5.41, 5.74) is 1.83. The first-order chi connectivity index (χ1) is 16.5. The van der Waals surface area contributed by atoms with Crippen molar-refractivity contribution in [2.75, 3.05) is 26.2 Å². The van der Waals surface area contributed by atoms with Crippen LogP contribution in [0.3, 0.4) is 0 Å². The summed E-state index contributed by atoms with van der Waals surface area (Å²) in [4.78, 5) is 62.4. The second-order valence-electron chi connectivity index (χ2n) is 7.87. The van der Waals surface area contributed by atoms with Crippen molar-refractivity contribution in [2.24, 2.45) is 0 Å². The molecule has 3 aromatic heterocycles. The number of hydrogen-bond donors (Lipinski definition) is 1. The molecule has 1 fully saturated rings. The van der Waals surface area contributed by atoms with E-state index in [0.29, 0.717) is 40.1 Å². The second kappa shape index (κ2) is 9.03. The van der Waals surface area contributed by atoms with E-state index in [2.05, 4.69) is 9.97 Å². The number of fused-ring (bicyclic) bond motifs is 1. The number of pyridine rings is 1. The molecule has 8 nitrogen and oxygen atoms in total. The maximum atomic E-state index is 13.1. The average molecular weight is 473 g/mol. The van der Waals surface area contributed by atoms with Crippen molar-refractivity contribution in [3.63, 3.8) is 0 Å². The Balaban J connectivity index is 1.31. The van der Waals surface area contributed by atoms with E-state index in [9.17, 15) is 19.2 Å². The van der Waals surface area contributed by atoms with Gasteiger partial charge in [0.25, 0.3) is 17.6 Å². The lowest BCUT2D eigenvalue weighted by Crippen LogP contribution is -2.52. The van der Waals surface area contributed by atoms with Gasteiger partial charge < -0.3 is 14.8 Å². The summed E-state index contributed by atoms with van der Waals surface area (Å²) in [5, 5.41) is 1.82. The molecule has 1 saturated heterocycles. The number of piperazine rings is 1. The van der Waals surface area contributed by atoms with Gasteiger partial charge in [-0.15, -0.1) is 11.3 Å². The number of benzene rings is 1. The largest absolute Gasteiger partial charge is 0.358 e. The van der Waals surface area contributed by atoms with E-state index in [0.717, 1.165) is 0 Å². The fourth-order valence-corrected chi connectivity index (χ4v) is 4.74. The number of thiophene rings is 1. The smallest absolute Gasteiger partial charge is 0.295 e. The number of ketones is 2. The van der Waals surface area contributed by atoms with Crippen LogP contribution in [0.4, 0.5) is 0 Å². The number of nitrogens with one attached hydrogen (secondary N) is 1. The fourth-order valence-electron chi connectivity index (χ4n) is 4.06. The highest BCUT2D eigenvalue weighted by Gasteiger charge is 2.31. The molecule has 1 aliphatic rings. The van der Waals surface area contributed by atoms with Gasteiger partial charge in [0.2, 0.25) is 5.78 Å². The van der Waals surface area contributed by atoms with Crippen molar-refractivity contribution in [3.05, 3.63) is 87.9 Å². The fraction of sp³-hybridized carbons (Fsp3) is 0.160. The van der Waals surface area contributed by atoms with Crippen LogP contribution in [0.25, 0.3) is 11.0 Å². The van der Waals surface area contributed by atoms with Gasteiger partial charge in [-0.05, 0) is 29.6 Å². The number of aromatic nitrogens is 2. The zero-order chi connectivity index (χ0) is 23.7. The first kappa shape index (κ1) is 21.7. The Bertz CT molecular complexity index is 1390. The number of hydrogen-bond acceptors (Lipinski definition) is 6. The summed E-state index contributed by atoms with van der Waals surface area (Å²) >= 11 is 1.33. The Morgan fingerprint density at radius 2 is 1.59 bits per heavy atom. The van der Waals surface area contributed by atoms with Crippen LogP contribution in [-0.2, 0) is 4.79 Å². The normalized spacial score (nSPS) is 13.8. The van der Waals surface area contributed by atoms with Crippen LogP contribution in [0.2, 0.25) is 0 Å². The van der Waals surface area contributed by atoms with Crippen LogP contribution >= 0.6 is 11.3 Å². The van der Waals surface area contributed by atoms with Gasteiger partial charge in [-0.1, -0.05) is 24.3 Å². The molecule has 4 aromatic rings. The van der Waals surface area contributed by atoms with Crippen LogP contribution in [-0.4, -0.2) is 69.3 Å². The summed E-state index contributed by atoms with van der Waals surface area (Å²) < 4.78 is 0. The molecular formula is C25H20N4O4S. The second-order valence-corrected chi connectivity index (χ2v) is 8.82. The third kappa shape index (κ3) is 3.90. The van der Waals surface area contributed by atoms with E-state index < -0.39 is 11.7 Å². The summed E-state index contributed by atoms with van der Waals surface area (Å²) in [6, 6.07) is 14.1. The van der Waals surface area contributed by atoms with E-state index in [-0.39, 0.29) is 30.3 Å². The Kier molecular flexibility index (Phi) is 5.77. The SMILES string of the molecule is O=C(C(=O)N1CCN(C(=O)c2ccccc2)CC1)c1c[nH]c2c(C(=O)c3cccs3)ccnc12. The highest BCUT2D eigenvalue weighted by Crippen LogP contribution is 2.24. The Hall–Kier alpha value is -4.11. The highest BCUT2D eigenvalue weighted by molar-refractivity contribution is 7.12. The van der Waals surface area contributed by atoms with Gasteiger partial charge in [-0.25, -0.2) is 0 Å². The Morgan fingerprint density at radius 3 is 2.29 bits per heavy atom. The molecule has 4 heterocycles. The molecule has 5 rings (SSSR count). The van der Waals surface area contributed by atoms with Gasteiger partial charge in [0, 0.05) is 44.1 Å². The van der Waals surface area contributed by atoms with Crippen molar-refractivity contribution in [1.29, 1.82) is 0 Å². The quantitative estimate of drug-likeness (QED) is 0.355. The third-order valence-electron chi connectivity index (χ3n) is 5.87. The van der Waals surface area contributed by atoms with Crippen molar-refractivity contribution in [3.8, 4) is 0 Å². The molecule has 1 N–H and O–H groups in total. The molecular weight excluding hydrogens is 452 g/mol. The van der Waals surface area contributed by atoms with Crippen molar-refractivity contribution in [1.82, 2.24) is 19.8 Å². The van der Waals surface area contributed by atoms with Gasteiger partial charge in [0.1, 0.15) is 0 Å². The molecule has 0 atom stereocenters. The molecule has 0 aliphatic carbocycles. The van der Waals surface area contributed by atoms with E-state index in [4.69, 9.17) is 0 Å². The van der Waals surface area contributed by atoms with Crippen molar-refractivity contribution >= 4 is 45.8 Å². The minimum atomic E-state index is -0.692. The lowest BCUT2D eigenvalue weighted by Gasteiger charge is -2.34. The molecule has 0 spiro atoms. The first-order valence-electron chi connectivity index (χ1n) is 10.8. The van der Waals surface area contributed by atoms with Gasteiger partial charge >= 0.3 is 0 Å². The predicted octanol–water partition coefficient (Wildman–Crippen LogP) is 3.02. The third-order valence-corrected chi connectivity index (χ3v) is 6.74. The van der Waals surface area contributed by atoms with Crippen molar-refractivity contribution in [2.45, 2.75) is 0 Å². The van der Waals surface area contributed by atoms with Gasteiger partial charge in [-0.3, -0.25) is 24.2 Å². The van der Waals surface area contributed by atoms with E-state index >= 15 is 0 Å². The monoisotopic (exact) mass is 472 g/mol. The molecule has 34 heavy (non-hydrogen) atoms. The number of aromatic amines is 1. The maximum absolute atomic E-state index is 13.1. The number of Topliss-reactive ketones (excluding diaryl/α,β-unsaturated/α-hetero) is 1. The topological polar surface area (TPSA) is 103 Å². The number of amides is 2. The van der Waals surface area contributed by atoms with Crippen LogP contribution in [0, 0.1) is 0 Å². The summed E-state index contributed by atoms with van der Waals surface area (Å²) in [6.07, 6.45) is 2.89. The number of carbonyl (C=O) groups is 4. The molecule has 0 unspecified atom stereocenters. The standard InChI is InChI=1S/C25H20N4O4S/c30-22(19-7-4-14-34-19)17-8-9-26-21-18(15-27-20(17)21)23(31)25(33)29-12-10-28(11-13-29)24(32)16-5-2-1-3-6-16/h1-9,14-15,27H,10-13H2. The average Bonchev–Trinajstić information content (AvgIpc) is 3.58. The van der Waals surface area contributed by atoms with E-state index in [1.54, 1.807) is 47.4 Å². The Morgan fingerprint density at radius 1 is 0.853 bits per heavy atom. The first-order valence-corrected chi connectivity index (χ1v) is 11.6. The lowest BCUT2D eigenvalue weighted by molar-refractivity contribution is -0.127.